The quantitative estimate of drug-likeness (QED) is 0.772. The van der Waals surface area contributed by atoms with Crippen LogP contribution in [0.25, 0.3) is 0 Å². The summed E-state index contributed by atoms with van der Waals surface area (Å²) in [5, 5.41) is 12.1. The largest absolute Gasteiger partial charge is 0.482 e. The number of benzene rings is 1. The maximum atomic E-state index is 12.1. The lowest BCUT2D eigenvalue weighted by molar-refractivity contribution is -0.118. The van der Waals surface area contributed by atoms with E-state index in [-0.39, 0.29) is 24.1 Å². The van der Waals surface area contributed by atoms with Crippen molar-refractivity contribution in [1.29, 1.82) is 0 Å². The third-order valence-electron chi connectivity index (χ3n) is 2.96. The molecule has 1 aromatic heterocycles. The highest BCUT2D eigenvalue weighted by Crippen LogP contribution is 2.30. The molecule has 0 fully saturated rings. The second-order valence-electron chi connectivity index (χ2n) is 4.51. The van der Waals surface area contributed by atoms with E-state index in [1.54, 1.807) is 25.1 Å². The summed E-state index contributed by atoms with van der Waals surface area (Å²) in [5.74, 6) is -0.00438. The van der Waals surface area contributed by atoms with Crippen molar-refractivity contribution >= 4 is 39.1 Å². The highest BCUT2D eigenvalue weighted by atomic mass is 79.9. The van der Waals surface area contributed by atoms with Gasteiger partial charge in [0.25, 0.3) is 11.8 Å². The van der Waals surface area contributed by atoms with E-state index in [0.29, 0.717) is 21.6 Å². The smallest absolute Gasteiger partial charge is 0.277 e. The summed E-state index contributed by atoms with van der Waals surface area (Å²) in [7, 11) is 0. The van der Waals surface area contributed by atoms with Crippen LogP contribution in [-0.2, 0) is 4.79 Å². The topological polar surface area (TPSA) is 96.1 Å². The number of carbonyl (C=O) groups excluding carboxylic acids is 2. The van der Waals surface area contributed by atoms with E-state index >= 15 is 0 Å². The minimum Gasteiger partial charge on any atom is -0.482 e. The first kappa shape index (κ1) is 13.6. The Labute approximate surface area is 128 Å². The van der Waals surface area contributed by atoms with Gasteiger partial charge in [-0.3, -0.25) is 14.7 Å². The fourth-order valence-electron chi connectivity index (χ4n) is 1.92. The van der Waals surface area contributed by atoms with Gasteiger partial charge in [-0.15, -0.1) is 0 Å². The Balaban J connectivity index is 1.82. The summed E-state index contributed by atoms with van der Waals surface area (Å²) in [4.78, 5) is 23.4. The number of hydrogen-bond donors (Lipinski definition) is 3. The first-order chi connectivity index (χ1) is 10.0. The zero-order valence-electron chi connectivity index (χ0n) is 11.0. The summed E-state index contributed by atoms with van der Waals surface area (Å²) in [6.45, 7) is 1.80. The molecule has 0 saturated carbocycles. The standard InChI is InChI=1S/C13H11BrN4O3/c1-6-11(14)12(18-17-6)13(20)15-7-2-3-9-8(4-7)16-10(19)5-21-9/h2-4H,5H2,1H3,(H,15,20)(H,16,19)(H,17,18). The van der Waals surface area contributed by atoms with Crippen molar-refractivity contribution in [3.8, 4) is 5.75 Å². The van der Waals surface area contributed by atoms with Crippen LogP contribution in [0.3, 0.4) is 0 Å². The van der Waals surface area contributed by atoms with Crippen LogP contribution in [0.5, 0.6) is 5.75 Å². The van der Waals surface area contributed by atoms with E-state index in [1.165, 1.54) is 0 Å². The summed E-state index contributed by atoms with van der Waals surface area (Å²) < 4.78 is 5.87. The van der Waals surface area contributed by atoms with Gasteiger partial charge in [0, 0.05) is 11.4 Å². The van der Waals surface area contributed by atoms with Crippen molar-refractivity contribution in [3.63, 3.8) is 0 Å². The number of fused-ring (bicyclic) bond motifs is 1. The molecule has 0 atom stereocenters. The van der Waals surface area contributed by atoms with Gasteiger partial charge in [-0.1, -0.05) is 0 Å². The molecule has 1 aliphatic heterocycles. The molecule has 108 valence electrons. The highest BCUT2D eigenvalue weighted by Gasteiger charge is 2.19. The van der Waals surface area contributed by atoms with Crippen molar-refractivity contribution in [1.82, 2.24) is 10.2 Å². The first-order valence-electron chi connectivity index (χ1n) is 6.13. The maximum absolute atomic E-state index is 12.1. The molecule has 2 heterocycles. The van der Waals surface area contributed by atoms with Gasteiger partial charge in [0.15, 0.2) is 12.3 Å². The molecule has 8 heteroatoms. The molecule has 21 heavy (non-hydrogen) atoms. The average Bonchev–Trinajstić information content (AvgIpc) is 2.78. The van der Waals surface area contributed by atoms with Crippen LogP contribution >= 0.6 is 15.9 Å². The number of rotatable bonds is 2. The molecule has 0 spiro atoms. The lowest BCUT2D eigenvalue weighted by Gasteiger charge is -2.18. The van der Waals surface area contributed by atoms with Gasteiger partial charge in [-0.05, 0) is 41.1 Å². The van der Waals surface area contributed by atoms with E-state index < -0.39 is 0 Å². The second kappa shape index (κ2) is 5.21. The van der Waals surface area contributed by atoms with Crippen LogP contribution in [0.15, 0.2) is 22.7 Å². The van der Waals surface area contributed by atoms with Crippen LogP contribution < -0.4 is 15.4 Å². The van der Waals surface area contributed by atoms with Crippen molar-refractivity contribution in [3.05, 3.63) is 34.1 Å². The minimum atomic E-state index is -0.353. The highest BCUT2D eigenvalue weighted by molar-refractivity contribution is 9.10. The van der Waals surface area contributed by atoms with Crippen LogP contribution in [0.4, 0.5) is 11.4 Å². The Morgan fingerprint density at radius 3 is 3.00 bits per heavy atom. The Morgan fingerprint density at radius 1 is 1.48 bits per heavy atom. The Bertz CT molecular complexity index is 741. The first-order valence-corrected chi connectivity index (χ1v) is 6.92. The molecule has 1 aromatic carbocycles. The summed E-state index contributed by atoms with van der Waals surface area (Å²) in [5.41, 5.74) is 2.11. The van der Waals surface area contributed by atoms with Gasteiger partial charge in [0.05, 0.1) is 10.2 Å². The Morgan fingerprint density at radius 2 is 2.29 bits per heavy atom. The number of aromatic amines is 1. The fourth-order valence-corrected chi connectivity index (χ4v) is 2.27. The van der Waals surface area contributed by atoms with Crippen molar-refractivity contribution in [2.24, 2.45) is 0 Å². The van der Waals surface area contributed by atoms with E-state index in [2.05, 4.69) is 36.8 Å². The third kappa shape index (κ3) is 2.62. The fraction of sp³-hybridized carbons (Fsp3) is 0.154. The van der Waals surface area contributed by atoms with Gasteiger partial charge in [-0.2, -0.15) is 5.10 Å². The summed E-state index contributed by atoms with van der Waals surface area (Å²) in [6.07, 6.45) is 0. The number of anilines is 2. The molecule has 0 unspecified atom stereocenters. The molecule has 2 amide bonds. The molecule has 3 rings (SSSR count). The zero-order valence-corrected chi connectivity index (χ0v) is 12.6. The number of halogens is 1. The predicted molar refractivity (Wildman–Crippen MR) is 79.5 cm³/mol. The van der Waals surface area contributed by atoms with Crippen LogP contribution in [0.1, 0.15) is 16.2 Å². The number of nitrogens with one attached hydrogen (secondary N) is 3. The van der Waals surface area contributed by atoms with Crippen molar-refractivity contribution in [2.45, 2.75) is 6.92 Å². The third-order valence-corrected chi connectivity index (χ3v) is 3.93. The molecular formula is C13H11BrN4O3. The summed E-state index contributed by atoms with van der Waals surface area (Å²) >= 11 is 3.30. The van der Waals surface area contributed by atoms with Crippen LogP contribution in [0, 0.1) is 6.92 Å². The van der Waals surface area contributed by atoms with E-state index in [1.807, 2.05) is 0 Å². The normalized spacial score (nSPS) is 13.1. The molecular weight excluding hydrogens is 340 g/mol. The Kier molecular flexibility index (Phi) is 3.38. The molecule has 2 aromatic rings. The number of H-pyrrole nitrogens is 1. The number of ether oxygens (including phenoxy) is 1. The molecule has 3 N–H and O–H groups in total. The van der Waals surface area contributed by atoms with E-state index in [0.717, 1.165) is 5.69 Å². The van der Waals surface area contributed by atoms with Gasteiger partial charge < -0.3 is 15.4 Å². The zero-order chi connectivity index (χ0) is 15.0. The predicted octanol–water partition coefficient (Wildman–Crippen LogP) is 2.06. The maximum Gasteiger partial charge on any atom is 0.277 e. The number of amides is 2. The molecule has 1 aliphatic rings. The lowest BCUT2D eigenvalue weighted by atomic mass is 10.2. The molecule has 7 nitrogen and oxygen atoms in total. The summed E-state index contributed by atoms with van der Waals surface area (Å²) in [6, 6.07) is 5.02. The molecule has 0 aliphatic carbocycles. The number of nitrogens with zero attached hydrogens (tertiary/aromatic N) is 1. The Hall–Kier alpha value is -2.35. The number of aromatic nitrogens is 2. The monoisotopic (exact) mass is 350 g/mol. The molecule has 0 saturated heterocycles. The van der Waals surface area contributed by atoms with E-state index in [4.69, 9.17) is 4.74 Å². The lowest BCUT2D eigenvalue weighted by Crippen LogP contribution is -2.25. The average molecular weight is 351 g/mol. The molecule has 0 radical (unpaired) electrons. The van der Waals surface area contributed by atoms with Gasteiger partial charge >= 0.3 is 0 Å². The van der Waals surface area contributed by atoms with Gasteiger partial charge in [0.1, 0.15) is 5.75 Å². The minimum absolute atomic E-state index is 0.00179. The molecule has 0 bridgehead atoms. The van der Waals surface area contributed by atoms with E-state index in [9.17, 15) is 9.59 Å². The van der Waals surface area contributed by atoms with Crippen molar-refractivity contribution < 1.29 is 14.3 Å². The second-order valence-corrected chi connectivity index (χ2v) is 5.31. The number of carbonyl (C=O) groups is 2. The van der Waals surface area contributed by atoms with Gasteiger partial charge in [0.2, 0.25) is 0 Å². The van der Waals surface area contributed by atoms with Crippen LogP contribution in [-0.4, -0.2) is 28.6 Å². The van der Waals surface area contributed by atoms with Crippen molar-refractivity contribution in [2.75, 3.05) is 17.2 Å². The SMILES string of the molecule is Cc1[nH]nc(C(=O)Nc2ccc3c(c2)NC(=O)CO3)c1Br. The van der Waals surface area contributed by atoms with Gasteiger partial charge in [-0.25, -0.2) is 0 Å². The number of aryl methyl sites for hydroxylation is 1. The van der Waals surface area contributed by atoms with Crippen LogP contribution in [0.2, 0.25) is 0 Å². The number of hydrogen-bond acceptors (Lipinski definition) is 4.